The van der Waals surface area contributed by atoms with Crippen molar-refractivity contribution < 1.29 is 4.79 Å². The average molecular weight is 267 g/mol. The van der Waals surface area contributed by atoms with E-state index in [4.69, 9.17) is 11.6 Å². The van der Waals surface area contributed by atoms with Crippen molar-refractivity contribution in [2.75, 3.05) is 13.1 Å². The van der Waals surface area contributed by atoms with Crippen LogP contribution in [0.15, 0.2) is 18.2 Å². The molecule has 1 aromatic carbocycles. The Morgan fingerprint density at radius 2 is 2.33 bits per heavy atom. The summed E-state index contributed by atoms with van der Waals surface area (Å²) in [5, 5.41) is 7.00. The maximum absolute atomic E-state index is 12.0. The van der Waals surface area contributed by atoms with Crippen LogP contribution in [-0.4, -0.2) is 25.0 Å². The highest BCUT2D eigenvalue weighted by Gasteiger charge is 2.14. The van der Waals surface area contributed by atoms with Crippen molar-refractivity contribution in [2.24, 2.45) is 0 Å². The topological polar surface area (TPSA) is 41.1 Å². The lowest BCUT2D eigenvalue weighted by Crippen LogP contribution is -2.43. The Hall–Kier alpha value is -1.06. The third-order valence-corrected chi connectivity index (χ3v) is 3.76. The van der Waals surface area contributed by atoms with Crippen LogP contribution in [-0.2, 0) is 0 Å². The third-order valence-electron chi connectivity index (χ3n) is 3.36. The van der Waals surface area contributed by atoms with Crippen LogP contribution >= 0.6 is 11.6 Å². The van der Waals surface area contributed by atoms with E-state index in [9.17, 15) is 4.79 Å². The van der Waals surface area contributed by atoms with Gasteiger partial charge in [-0.2, -0.15) is 0 Å². The quantitative estimate of drug-likeness (QED) is 0.883. The SMILES string of the molecule is Cc1ccc(C(=O)NCC2CCCCN2)cc1Cl. The number of aryl methyl sites for hydroxylation is 1. The first-order valence-corrected chi connectivity index (χ1v) is 6.82. The molecule has 2 rings (SSSR count). The molecule has 1 amide bonds. The fourth-order valence-corrected chi connectivity index (χ4v) is 2.33. The Labute approximate surface area is 113 Å². The number of hydrogen-bond donors (Lipinski definition) is 2. The number of amides is 1. The van der Waals surface area contributed by atoms with E-state index in [0.29, 0.717) is 23.2 Å². The standard InChI is InChI=1S/C14H19ClN2O/c1-10-5-6-11(8-13(10)15)14(18)17-9-12-4-2-3-7-16-12/h5-6,8,12,16H,2-4,7,9H2,1H3,(H,17,18). The molecule has 4 heteroatoms. The minimum absolute atomic E-state index is 0.0516. The molecule has 0 aromatic heterocycles. The number of rotatable bonds is 3. The second-order valence-corrected chi connectivity index (χ2v) is 5.23. The molecule has 98 valence electrons. The second-order valence-electron chi connectivity index (χ2n) is 4.82. The van der Waals surface area contributed by atoms with Crippen molar-refractivity contribution >= 4 is 17.5 Å². The second kappa shape index (κ2) is 6.21. The van der Waals surface area contributed by atoms with Gasteiger partial charge < -0.3 is 10.6 Å². The molecule has 0 spiro atoms. The molecule has 1 unspecified atom stereocenters. The summed E-state index contributed by atoms with van der Waals surface area (Å²) in [5.41, 5.74) is 1.61. The van der Waals surface area contributed by atoms with Crippen molar-refractivity contribution in [3.8, 4) is 0 Å². The van der Waals surface area contributed by atoms with E-state index in [1.807, 2.05) is 19.1 Å². The number of carbonyl (C=O) groups excluding carboxylic acids is 1. The maximum atomic E-state index is 12.0. The number of piperidine rings is 1. The zero-order chi connectivity index (χ0) is 13.0. The minimum Gasteiger partial charge on any atom is -0.350 e. The van der Waals surface area contributed by atoms with Gasteiger partial charge in [-0.15, -0.1) is 0 Å². The average Bonchev–Trinajstić information content (AvgIpc) is 2.40. The monoisotopic (exact) mass is 266 g/mol. The van der Waals surface area contributed by atoms with E-state index in [1.54, 1.807) is 6.07 Å². The molecule has 1 fully saturated rings. The number of nitrogens with one attached hydrogen (secondary N) is 2. The van der Waals surface area contributed by atoms with E-state index >= 15 is 0 Å². The van der Waals surface area contributed by atoms with Crippen molar-refractivity contribution in [2.45, 2.75) is 32.2 Å². The van der Waals surface area contributed by atoms with Gasteiger partial charge >= 0.3 is 0 Å². The van der Waals surface area contributed by atoms with E-state index in [2.05, 4.69) is 10.6 Å². The van der Waals surface area contributed by atoms with Gasteiger partial charge in [-0.05, 0) is 44.0 Å². The van der Waals surface area contributed by atoms with E-state index in [1.165, 1.54) is 12.8 Å². The predicted molar refractivity (Wildman–Crippen MR) is 74.2 cm³/mol. The summed E-state index contributed by atoms with van der Waals surface area (Å²) in [6, 6.07) is 5.81. The summed E-state index contributed by atoms with van der Waals surface area (Å²) in [4.78, 5) is 12.0. The predicted octanol–water partition coefficient (Wildman–Crippen LogP) is 2.52. The fraction of sp³-hybridized carbons (Fsp3) is 0.500. The highest BCUT2D eigenvalue weighted by Crippen LogP contribution is 2.16. The smallest absolute Gasteiger partial charge is 0.251 e. The Balaban J connectivity index is 1.88. The Morgan fingerprint density at radius 3 is 3.00 bits per heavy atom. The molecule has 1 aliphatic heterocycles. The van der Waals surface area contributed by atoms with Crippen LogP contribution in [0.2, 0.25) is 5.02 Å². The number of benzene rings is 1. The van der Waals surface area contributed by atoms with E-state index in [0.717, 1.165) is 18.5 Å². The van der Waals surface area contributed by atoms with Crippen LogP contribution in [0.5, 0.6) is 0 Å². The zero-order valence-corrected chi connectivity index (χ0v) is 11.4. The van der Waals surface area contributed by atoms with E-state index < -0.39 is 0 Å². The lowest BCUT2D eigenvalue weighted by Gasteiger charge is -2.23. The van der Waals surface area contributed by atoms with Gasteiger partial charge in [-0.1, -0.05) is 24.1 Å². The van der Waals surface area contributed by atoms with Gasteiger partial charge in [0.2, 0.25) is 0 Å². The van der Waals surface area contributed by atoms with Gasteiger partial charge in [0.1, 0.15) is 0 Å². The van der Waals surface area contributed by atoms with Crippen molar-refractivity contribution in [1.82, 2.24) is 10.6 Å². The first-order valence-electron chi connectivity index (χ1n) is 6.44. The molecule has 1 aliphatic rings. The molecule has 1 heterocycles. The molecule has 1 aromatic rings. The molecule has 1 atom stereocenters. The molecule has 2 N–H and O–H groups in total. The normalized spacial score (nSPS) is 19.6. The van der Waals surface area contributed by atoms with Gasteiger partial charge in [-0.25, -0.2) is 0 Å². The molecule has 0 saturated carbocycles. The summed E-state index contributed by atoms with van der Waals surface area (Å²) >= 11 is 6.01. The van der Waals surface area contributed by atoms with Crippen LogP contribution < -0.4 is 10.6 Å². The summed E-state index contributed by atoms with van der Waals surface area (Å²) in [5.74, 6) is -0.0516. The Kier molecular flexibility index (Phi) is 4.61. The maximum Gasteiger partial charge on any atom is 0.251 e. The van der Waals surface area contributed by atoms with Crippen LogP contribution in [0.4, 0.5) is 0 Å². The van der Waals surface area contributed by atoms with Crippen LogP contribution in [0.3, 0.4) is 0 Å². The first kappa shape index (κ1) is 13.4. The van der Waals surface area contributed by atoms with Crippen molar-refractivity contribution in [1.29, 1.82) is 0 Å². The van der Waals surface area contributed by atoms with Gasteiger partial charge in [0.05, 0.1) is 0 Å². The van der Waals surface area contributed by atoms with Gasteiger partial charge in [0.25, 0.3) is 5.91 Å². The van der Waals surface area contributed by atoms with Gasteiger partial charge in [0, 0.05) is 23.2 Å². The van der Waals surface area contributed by atoms with Crippen molar-refractivity contribution in [3.63, 3.8) is 0 Å². The lowest BCUT2D eigenvalue weighted by molar-refractivity contribution is 0.0948. The highest BCUT2D eigenvalue weighted by molar-refractivity contribution is 6.31. The van der Waals surface area contributed by atoms with Gasteiger partial charge in [-0.3, -0.25) is 4.79 Å². The largest absolute Gasteiger partial charge is 0.350 e. The first-order chi connectivity index (χ1) is 8.66. The van der Waals surface area contributed by atoms with Crippen LogP contribution in [0, 0.1) is 6.92 Å². The minimum atomic E-state index is -0.0516. The number of carbonyl (C=O) groups is 1. The summed E-state index contributed by atoms with van der Waals surface area (Å²) in [6.07, 6.45) is 3.61. The molecule has 18 heavy (non-hydrogen) atoms. The molecule has 0 bridgehead atoms. The van der Waals surface area contributed by atoms with E-state index in [-0.39, 0.29) is 5.91 Å². The fourth-order valence-electron chi connectivity index (χ4n) is 2.15. The van der Waals surface area contributed by atoms with Gasteiger partial charge in [0.15, 0.2) is 0 Å². The molecule has 3 nitrogen and oxygen atoms in total. The molecule has 1 saturated heterocycles. The molecule has 0 aliphatic carbocycles. The Morgan fingerprint density at radius 1 is 1.50 bits per heavy atom. The third kappa shape index (κ3) is 3.47. The molecular formula is C14H19ClN2O. The van der Waals surface area contributed by atoms with Crippen LogP contribution in [0.1, 0.15) is 35.2 Å². The molecule has 0 radical (unpaired) electrons. The highest BCUT2D eigenvalue weighted by atomic mass is 35.5. The van der Waals surface area contributed by atoms with Crippen molar-refractivity contribution in [3.05, 3.63) is 34.3 Å². The van der Waals surface area contributed by atoms with Crippen LogP contribution in [0.25, 0.3) is 0 Å². The zero-order valence-electron chi connectivity index (χ0n) is 10.6. The summed E-state index contributed by atoms with van der Waals surface area (Å²) in [7, 11) is 0. The summed E-state index contributed by atoms with van der Waals surface area (Å²) < 4.78 is 0. The number of halogens is 1. The number of hydrogen-bond acceptors (Lipinski definition) is 2. The Bertz CT molecular complexity index is 428. The summed E-state index contributed by atoms with van der Waals surface area (Å²) in [6.45, 7) is 3.66. The lowest BCUT2D eigenvalue weighted by atomic mass is 10.0. The molecular weight excluding hydrogens is 248 g/mol.